The number of hydrogen-bond acceptors (Lipinski definition) is 3. The van der Waals surface area contributed by atoms with Gasteiger partial charge in [0.1, 0.15) is 11.4 Å². The lowest BCUT2D eigenvalue weighted by atomic mass is 9.86. The van der Waals surface area contributed by atoms with Gasteiger partial charge in [0.2, 0.25) is 5.88 Å². The molecule has 0 fully saturated rings. The van der Waals surface area contributed by atoms with Crippen molar-refractivity contribution in [2.24, 2.45) is 0 Å². The average molecular weight is 286 g/mol. The fraction of sp³-hybridized carbons (Fsp3) is 0.250. The van der Waals surface area contributed by atoms with Crippen LogP contribution in [0.15, 0.2) is 42.6 Å². The third kappa shape index (κ3) is 3.72. The summed E-state index contributed by atoms with van der Waals surface area (Å²) in [6, 6.07) is 10.9. The molecule has 2 aromatic rings. The number of carbonyl (C=O) groups is 1. The minimum atomic E-state index is -1.16. The molecule has 0 bridgehead atoms. The number of pyridine rings is 1. The van der Waals surface area contributed by atoms with Crippen LogP contribution in [0.3, 0.4) is 0 Å². The molecule has 0 saturated carbocycles. The highest BCUT2D eigenvalue weighted by Crippen LogP contribution is 2.35. The lowest BCUT2D eigenvalue weighted by Crippen LogP contribution is -2.13. The number of benzene rings is 1. The normalized spacial score (nSPS) is 11.0. The average Bonchev–Trinajstić information content (AvgIpc) is 2.40. The number of aromatic nitrogens is 1. The number of hydrogen-bond donors (Lipinski definition) is 2. The highest BCUT2D eigenvalue weighted by atomic mass is 16.5. The summed E-state index contributed by atoms with van der Waals surface area (Å²) in [6.07, 6.45) is 0.402. The van der Waals surface area contributed by atoms with Gasteiger partial charge in [0.05, 0.1) is 0 Å². The summed E-state index contributed by atoms with van der Waals surface area (Å²) in [4.78, 5) is 14.9. The topological polar surface area (TPSA) is 71.5 Å². The number of nitrogens with zero attached hydrogens (tertiary/aromatic N) is 1. The first kappa shape index (κ1) is 14.8. The van der Waals surface area contributed by atoms with E-state index in [4.69, 9.17) is 9.84 Å². The van der Waals surface area contributed by atoms with Crippen LogP contribution >= 0.6 is 0 Å². The highest BCUT2D eigenvalue weighted by Gasteiger charge is 2.20. The van der Waals surface area contributed by atoms with E-state index in [1.165, 1.54) is 0 Å². The molecular weight excluding hydrogens is 268 g/mol. The highest BCUT2D eigenvalue weighted by molar-refractivity contribution is 5.84. The zero-order chi connectivity index (χ0) is 15.5. The fourth-order valence-corrected chi connectivity index (χ4v) is 1.96. The van der Waals surface area contributed by atoms with Crippen LogP contribution in [0.2, 0.25) is 0 Å². The summed E-state index contributed by atoms with van der Waals surface area (Å²) in [5.41, 5.74) is 1.25. The molecular formula is C16H18N2O3. The Bertz CT molecular complexity index is 648. The van der Waals surface area contributed by atoms with E-state index in [0.29, 0.717) is 11.4 Å². The Kier molecular flexibility index (Phi) is 4.12. The lowest BCUT2D eigenvalue weighted by Gasteiger charge is -2.22. The van der Waals surface area contributed by atoms with E-state index in [9.17, 15) is 4.79 Å². The molecule has 1 amide bonds. The fourth-order valence-electron chi connectivity index (χ4n) is 1.96. The maximum absolute atomic E-state index is 10.8. The molecule has 5 nitrogen and oxygen atoms in total. The van der Waals surface area contributed by atoms with Gasteiger partial charge in [-0.05, 0) is 23.6 Å². The minimum Gasteiger partial charge on any atom is -0.465 e. The summed E-state index contributed by atoms with van der Waals surface area (Å²) in [7, 11) is 0. The maximum atomic E-state index is 10.8. The summed E-state index contributed by atoms with van der Waals surface area (Å²) in [5, 5.41) is 11.1. The van der Waals surface area contributed by atoms with Crippen LogP contribution in [0.5, 0.6) is 11.6 Å². The van der Waals surface area contributed by atoms with Crippen molar-refractivity contribution in [2.45, 2.75) is 26.2 Å². The smallest absolute Gasteiger partial charge is 0.409 e. The molecule has 5 heteroatoms. The molecule has 2 N–H and O–H groups in total. The van der Waals surface area contributed by atoms with Crippen LogP contribution in [0.4, 0.5) is 10.5 Å². The predicted molar refractivity (Wildman–Crippen MR) is 81.1 cm³/mol. The quantitative estimate of drug-likeness (QED) is 0.884. The Labute approximate surface area is 123 Å². The number of anilines is 1. The Morgan fingerprint density at radius 1 is 1.19 bits per heavy atom. The summed E-state index contributed by atoms with van der Waals surface area (Å²) < 4.78 is 5.83. The predicted octanol–water partition coefficient (Wildman–Crippen LogP) is 4.26. The molecule has 110 valence electrons. The van der Waals surface area contributed by atoms with E-state index in [1.807, 2.05) is 24.3 Å². The molecule has 0 radical (unpaired) electrons. The molecule has 21 heavy (non-hydrogen) atoms. The molecule has 0 atom stereocenters. The van der Waals surface area contributed by atoms with Crippen molar-refractivity contribution >= 4 is 11.8 Å². The van der Waals surface area contributed by atoms with Gasteiger partial charge in [-0.1, -0.05) is 39.0 Å². The number of ether oxygens (including phenoxy) is 1. The molecule has 2 rings (SSSR count). The van der Waals surface area contributed by atoms with E-state index in [0.717, 1.165) is 5.56 Å². The van der Waals surface area contributed by atoms with Gasteiger partial charge in [-0.2, -0.15) is 0 Å². The van der Waals surface area contributed by atoms with Crippen molar-refractivity contribution in [3.63, 3.8) is 0 Å². The number of para-hydroxylation sites is 1. The van der Waals surface area contributed by atoms with Crippen LogP contribution < -0.4 is 10.1 Å². The van der Waals surface area contributed by atoms with Crippen molar-refractivity contribution < 1.29 is 14.6 Å². The van der Waals surface area contributed by atoms with Gasteiger partial charge < -0.3 is 9.84 Å². The third-order valence-electron chi connectivity index (χ3n) is 2.91. The van der Waals surface area contributed by atoms with Crippen molar-refractivity contribution in [2.75, 3.05) is 5.32 Å². The molecule has 1 heterocycles. The molecule has 0 spiro atoms. The van der Waals surface area contributed by atoms with Crippen LogP contribution in [0.1, 0.15) is 26.3 Å². The van der Waals surface area contributed by atoms with Gasteiger partial charge in [-0.25, -0.2) is 9.78 Å². The van der Waals surface area contributed by atoms with Crippen LogP contribution in [-0.4, -0.2) is 16.2 Å². The van der Waals surface area contributed by atoms with Gasteiger partial charge in [-0.3, -0.25) is 5.32 Å². The maximum Gasteiger partial charge on any atom is 0.409 e. The Balaban J connectivity index is 2.38. The van der Waals surface area contributed by atoms with Crippen molar-refractivity contribution in [3.05, 3.63) is 48.2 Å². The SMILES string of the molecule is CC(C)(C)c1ccccc1Oc1ncccc1NC(=O)O. The standard InChI is InChI=1S/C16H18N2O3/c1-16(2,3)11-7-4-5-9-13(11)21-14-12(18-15(19)20)8-6-10-17-14/h4-10,18H,1-3H3,(H,19,20). The zero-order valence-electron chi connectivity index (χ0n) is 12.3. The second kappa shape index (κ2) is 5.83. The number of amides is 1. The molecule has 1 aromatic heterocycles. The van der Waals surface area contributed by atoms with Gasteiger partial charge in [0.15, 0.2) is 0 Å². The van der Waals surface area contributed by atoms with Crippen molar-refractivity contribution in [3.8, 4) is 11.6 Å². The molecule has 0 aliphatic heterocycles. The van der Waals surface area contributed by atoms with Crippen molar-refractivity contribution in [1.82, 2.24) is 4.98 Å². The van der Waals surface area contributed by atoms with Gasteiger partial charge >= 0.3 is 6.09 Å². The summed E-state index contributed by atoms with van der Waals surface area (Å²) in [6.45, 7) is 6.26. The zero-order valence-corrected chi connectivity index (χ0v) is 12.3. The van der Waals surface area contributed by atoms with E-state index < -0.39 is 6.09 Å². The second-order valence-electron chi connectivity index (χ2n) is 5.63. The van der Waals surface area contributed by atoms with Crippen LogP contribution in [0.25, 0.3) is 0 Å². The minimum absolute atomic E-state index is 0.0915. The molecule has 0 aliphatic rings. The van der Waals surface area contributed by atoms with Crippen molar-refractivity contribution in [1.29, 1.82) is 0 Å². The van der Waals surface area contributed by atoms with Crippen LogP contribution in [0, 0.1) is 0 Å². The molecule has 0 saturated heterocycles. The molecule has 1 aromatic carbocycles. The van der Waals surface area contributed by atoms with Gasteiger partial charge in [-0.15, -0.1) is 0 Å². The number of carboxylic acid groups (broad SMARTS) is 1. The Hall–Kier alpha value is -2.56. The second-order valence-corrected chi connectivity index (χ2v) is 5.63. The third-order valence-corrected chi connectivity index (χ3v) is 2.91. The first-order valence-corrected chi connectivity index (χ1v) is 6.60. The molecule has 0 unspecified atom stereocenters. The number of nitrogens with one attached hydrogen (secondary N) is 1. The molecule has 0 aliphatic carbocycles. The lowest BCUT2D eigenvalue weighted by molar-refractivity contribution is 0.209. The Morgan fingerprint density at radius 2 is 1.90 bits per heavy atom. The summed E-state index contributed by atoms with van der Waals surface area (Å²) >= 11 is 0. The first-order valence-electron chi connectivity index (χ1n) is 6.60. The first-order chi connectivity index (χ1) is 9.88. The van der Waals surface area contributed by atoms with Crippen LogP contribution in [-0.2, 0) is 5.41 Å². The Morgan fingerprint density at radius 3 is 2.57 bits per heavy atom. The largest absolute Gasteiger partial charge is 0.465 e. The van der Waals surface area contributed by atoms with Gasteiger partial charge in [0.25, 0.3) is 0 Å². The monoisotopic (exact) mass is 286 g/mol. The van der Waals surface area contributed by atoms with Gasteiger partial charge in [0, 0.05) is 11.8 Å². The van der Waals surface area contributed by atoms with E-state index in [-0.39, 0.29) is 11.3 Å². The van der Waals surface area contributed by atoms with E-state index in [1.54, 1.807) is 18.3 Å². The number of rotatable bonds is 3. The summed E-state index contributed by atoms with van der Waals surface area (Å²) in [5.74, 6) is 0.897. The van der Waals surface area contributed by atoms with E-state index >= 15 is 0 Å². The van der Waals surface area contributed by atoms with E-state index in [2.05, 4.69) is 31.1 Å².